The van der Waals surface area contributed by atoms with Gasteiger partial charge in [-0.2, -0.15) is 13.2 Å². The fraction of sp³-hybridized carbons (Fsp3) is 0.417. The number of halogens is 3. The minimum absolute atomic E-state index is 0.00585. The van der Waals surface area contributed by atoms with E-state index in [4.69, 9.17) is 14.2 Å². The number of rotatable bonds is 4. The lowest BCUT2D eigenvalue weighted by Crippen LogP contribution is -2.34. The highest BCUT2D eigenvalue weighted by Gasteiger charge is 2.45. The molecule has 1 aliphatic heterocycles. The number of amides is 1. The number of benzene rings is 1. The van der Waals surface area contributed by atoms with Gasteiger partial charge in [-0.25, -0.2) is 15.0 Å². The number of thiazole rings is 1. The van der Waals surface area contributed by atoms with Crippen molar-refractivity contribution >= 4 is 22.4 Å². The van der Waals surface area contributed by atoms with E-state index >= 15 is 0 Å². The molecule has 0 unspecified atom stereocenters. The number of alkyl halides is 3. The Morgan fingerprint density at radius 2 is 1.75 bits per heavy atom. The average Bonchev–Trinajstić information content (AvgIpc) is 3.15. The average molecular weight is 521 g/mol. The smallest absolute Gasteiger partial charge is 0.416 e. The summed E-state index contributed by atoms with van der Waals surface area (Å²) in [4.78, 5) is 26.5. The molecule has 2 aliphatic rings. The van der Waals surface area contributed by atoms with Gasteiger partial charge in [0.1, 0.15) is 17.7 Å². The Labute approximate surface area is 208 Å². The van der Waals surface area contributed by atoms with Gasteiger partial charge in [0.15, 0.2) is 10.7 Å². The van der Waals surface area contributed by atoms with Crippen molar-refractivity contribution in [2.45, 2.75) is 50.3 Å². The minimum Gasteiger partial charge on any atom is -0.481 e. The summed E-state index contributed by atoms with van der Waals surface area (Å²) in [5, 5.41) is 3.04. The molecule has 2 aromatic heterocycles. The van der Waals surface area contributed by atoms with Gasteiger partial charge in [-0.05, 0) is 43.9 Å². The second-order valence-corrected chi connectivity index (χ2v) is 9.64. The molecule has 1 fully saturated rings. The van der Waals surface area contributed by atoms with E-state index in [1.165, 1.54) is 38.0 Å². The second-order valence-electron chi connectivity index (χ2n) is 8.64. The molecule has 12 heteroatoms. The maximum Gasteiger partial charge on any atom is 0.416 e. The van der Waals surface area contributed by atoms with E-state index in [1.54, 1.807) is 0 Å². The van der Waals surface area contributed by atoms with Crippen LogP contribution in [0, 0.1) is 0 Å². The minimum atomic E-state index is -4.49. The van der Waals surface area contributed by atoms with Crippen LogP contribution < -0.4 is 19.5 Å². The maximum absolute atomic E-state index is 13.4. The highest BCUT2D eigenvalue weighted by atomic mass is 32.1. The number of hydrogen-bond acceptors (Lipinski definition) is 8. The summed E-state index contributed by atoms with van der Waals surface area (Å²) in [5.74, 6) is -0.357. The number of ether oxygens (including phenoxy) is 3. The Bertz CT molecular complexity index is 1280. The van der Waals surface area contributed by atoms with Crippen molar-refractivity contribution in [3.63, 3.8) is 0 Å². The SMILES string of the molecule is COc1ncnc(OC)c1C(=O)Nc1nc2c(s1)C1(CCCCCC1)Oc1cc(C(F)(F)F)ccc1-2. The Balaban J connectivity index is 1.58. The van der Waals surface area contributed by atoms with Gasteiger partial charge in [-0.15, -0.1) is 0 Å². The molecule has 3 aromatic rings. The van der Waals surface area contributed by atoms with Gasteiger partial charge in [-0.3, -0.25) is 10.1 Å². The van der Waals surface area contributed by atoms with Gasteiger partial charge < -0.3 is 14.2 Å². The molecular weight excluding hydrogens is 497 g/mol. The quantitative estimate of drug-likeness (QED) is 0.462. The Kier molecular flexibility index (Phi) is 6.23. The molecular formula is C24H23F3N4O4S. The highest BCUT2D eigenvalue weighted by molar-refractivity contribution is 7.16. The number of carbonyl (C=O) groups is 1. The lowest BCUT2D eigenvalue weighted by Gasteiger charge is -2.37. The van der Waals surface area contributed by atoms with Crippen LogP contribution >= 0.6 is 11.3 Å². The van der Waals surface area contributed by atoms with Crippen molar-refractivity contribution in [2.75, 3.05) is 19.5 Å². The van der Waals surface area contributed by atoms with Crippen molar-refractivity contribution in [3.8, 4) is 28.8 Å². The van der Waals surface area contributed by atoms with E-state index in [-0.39, 0.29) is 28.2 Å². The van der Waals surface area contributed by atoms with E-state index in [2.05, 4.69) is 20.3 Å². The molecule has 0 radical (unpaired) electrons. The summed E-state index contributed by atoms with van der Waals surface area (Å²) in [7, 11) is 2.75. The van der Waals surface area contributed by atoms with Crippen LogP contribution in [0.25, 0.3) is 11.3 Å². The first kappa shape index (κ1) is 24.3. The topological polar surface area (TPSA) is 95.5 Å². The molecule has 8 nitrogen and oxygen atoms in total. The van der Waals surface area contributed by atoms with E-state index < -0.39 is 23.2 Å². The van der Waals surface area contributed by atoms with Crippen LogP contribution in [0.15, 0.2) is 24.5 Å². The molecule has 0 bridgehead atoms. The lowest BCUT2D eigenvalue weighted by molar-refractivity contribution is -0.137. The zero-order valence-corrected chi connectivity index (χ0v) is 20.4. The molecule has 190 valence electrons. The number of aromatic nitrogens is 3. The summed E-state index contributed by atoms with van der Waals surface area (Å²) in [5.41, 5.74) is -0.584. The molecule has 1 saturated carbocycles. The third kappa shape index (κ3) is 4.23. The predicted octanol–water partition coefficient (Wildman–Crippen LogP) is 5.83. The van der Waals surface area contributed by atoms with Crippen LogP contribution in [0.2, 0.25) is 0 Å². The fourth-order valence-electron chi connectivity index (χ4n) is 4.75. The molecule has 1 amide bonds. The summed E-state index contributed by atoms with van der Waals surface area (Å²) < 4.78 is 57.1. The number of anilines is 1. The number of nitrogens with zero attached hydrogens (tertiary/aromatic N) is 3. The Morgan fingerprint density at radius 1 is 1.08 bits per heavy atom. The Morgan fingerprint density at radius 3 is 2.36 bits per heavy atom. The maximum atomic E-state index is 13.4. The van der Waals surface area contributed by atoms with Crippen molar-refractivity contribution < 1.29 is 32.2 Å². The van der Waals surface area contributed by atoms with E-state index in [0.717, 1.165) is 42.7 Å². The number of methoxy groups -OCH3 is 2. The standard InChI is InChI=1S/C24H23F3N4O4S/c1-33-20-16(21(34-2)29-12-28-20)19(32)31-22-30-17-14-8-7-13(24(25,26)27)11-15(14)35-23(18(17)36-22)9-5-3-4-6-10-23/h7-8,11-12H,3-6,9-10H2,1-2H3,(H,30,31,32). The Hall–Kier alpha value is -3.41. The fourth-order valence-corrected chi connectivity index (χ4v) is 5.91. The predicted molar refractivity (Wildman–Crippen MR) is 126 cm³/mol. The third-order valence-corrected chi connectivity index (χ3v) is 7.59. The first-order valence-electron chi connectivity index (χ1n) is 11.4. The number of hydrogen-bond donors (Lipinski definition) is 1. The van der Waals surface area contributed by atoms with Gasteiger partial charge >= 0.3 is 6.18 Å². The number of carbonyl (C=O) groups excluding carboxylic acids is 1. The molecule has 0 atom stereocenters. The largest absolute Gasteiger partial charge is 0.481 e. The van der Waals surface area contributed by atoms with Crippen molar-refractivity contribution in [1.29, 1.82) is 0 Å². The molecule has 1 N–H and O–H groups in total. The third-order valence-electron chi connectivity index (χ3n) is 6.43. The van der Waals surface area contributed by atoms with Crippen LogP contribution in [0.3, 0.4) is 0 Å². The monoisotopic (exact) mass is 520 g/mol. The zero-order chi connectivity index (χ0) is 25.5. The molecule has 1 aromatic carbocycles. The van der Waals surface area contributed by atoms with Crippen LogP contribution in [0.4, 0.5) is 18.3 Å². The second kappa shape index (κ2) is 9.23. The molecule has 3 heterocycles. The van der Waals surface area contributed by atoms with Crippen molar-refractivity contribution in [3.05, 3.63) is 40.5 Å². The van der Waals surface area contributed by atoms with Gasteiger partial charge in [0.2, 0.25) is 11.8 Å². The molecule has 36 heavy (non-hydrogen) atoms. The van der Waals surface area contributed by atoms with Gasteiger partial charge in [0.05, 0.1) is 30.4 Å². The summed E-state index contributed by atoms with van der Waals surface area (Å²) in [6.07, 6.45) is 1.82. The molecule has 5 rings (SSSR count). The summed E-state index contributed by atoms with van der Waals surface area (Å²) >= 11 is 1.26. The van der Waals surface area contributed by atoms with E-state index in [0.29, 0.717) is 24.1 Å². The summed E-state index contributed by atoms with van der Waals surface area (Å²) in [6, 6.07) is 3.44. The first-order valence-corrected chi connectivity index (χ1v) is 12.2. The first-order chi connectivity index (χ1) is 17.3. The molecule has 0 saturated heterocycles. The zero-order valence-electron chi connectivity index (χ0n) is 19.6. The lowest BCUT2D eigenvalue weighted by atomic mass is 9.87. The van der Waals surface area contributed by atoms with Gasteiger partial charge in [-0.1, -0.05) is 24.2 Å². The van der Waals surface area contributed by atoms with Crippen LogP contribution in [0.1, 0.15) is 59.3 Å². The van der Waals surface area contributed by atoms with Crippen molar-refractivity contribution in [2.24, 2.45) is 0 Å². The van der Waals surface area contributed by atoms with Crippen molar-refractivity contribution in [1.82, 2.24) is 15.0 Å². The summed E-state index contributed by atoms with van der Waals surface area (Å²) in [6.45, 7) is 0. The normalized spacial score (nSPS) is 16.4. The van der Waals surface area contributed by atoms with E-state index in [1.807, 2.05) is 0 Å². The van der Waals surface area contributed by atoms with E-state index in [9.17, 15) is 18.0 Å². The molecule has 1 spiro atoms. The number of fused-ring (bicyclic) bond motifs is 4. The highest BCUT2D eigenvalue weighted by Crippen LogP contribution is 2.54. The van der Waals surface area contributed by atoms with Crippen LogP contribution in [-0.2, 0) is 11.8 Å². The number of nitrogens with one attached hydrogen (secondary N) is 1. The molecule has 1 aliphatic carbocycles. The van der Waals surface area contributed by atoms with Gasteiger partial charge in [0.25, 0.3) is 5.91 Å². The van der Waals surface area contributed by atoms with Crippen LogP contribution in [-0.4, -0.2) is 35.1 Å². The van der Waals surface area contributed by atoms with Gasteiger partial charge in [0, 0.05) is 5.56 Å². The van der Waals surface area contributed by atoms with Crippen LogP contribution in [0.5, 0.6) is 17.5 Å².